The van der Waals surface area contributed by atoms with Gasteiger partial charge in [-0.25, -0.2) is 0 Å². The molecule has 0 amide bonds. The predicted octanol–water partition coefficient (Wildman–Crippen LogP) is 2.39. The number of carboxylic acids is 1. The highest BCUT2D eigenvalue weighted by atomic mass is 16.4. The Morgan fingerprint density at radius 1 is 1.18 bits per heavy atom. The van der Waals surface area contributed by atoms with Crippen LogP contribution in [-0.4, -0.2) is 11.1 Å². The molecule has 0 atom stereocenters. The Hall–Kier alpha value is -0.530. The van der Waals surface area contributed by atoms with Gasteiger partial charge in [0, 0.05) is 6.42 Å². The first-order valence-corrected chi connectivity index (χ1v) is 4.17. The van der Waals surface area contributed by atoms with E-state index < -0.39 is 5.97 Å². The Balaban J connectivity index is 4.00. The van der Waals surface area contributed by atoms with Crippen LogP contribution in [0.2, 0.25) is 0 Å². The van der Waals surface area contributed by atoms with Crippen molar-refractivity contribution in [1.29, 1.82) is 0 Å². The van der Waals surface area contributed by atoms with Gasteiger partial charge in [-0.05, 0) is 17.8 Å². The summed E-state index contributed by atoms with van der Waals surface area (Å²) < 4.78 is 0. The molecular weight excluding hydrogens is 140 g/mol. The van der Waals surface area contributed by atoms with E-state index in [4.69, 9.17) is 5.11 Å². The molecule has 0 heterocycles. The van der Waals surface area contributed by atoms with Gasteiger partial charge in [-0.15, -0.1) is 0 Å². The largest absolute Gasteiger partial charge is 0.481 e. The Morgan fingerprint density at radius 2 is 1.55 bits per heavy atom. The van der Waals surface area contributed by atoms with E-state index in [0.29, 0.717) is 24.2 Å². The first-order valence-electron chi connectivity index (χ1n) is 4.17. The molecule has 0 aliphatic rings. The Bertz CT molecular complexity index is 120. The fourth-order valence-electron chi connectivity index (χ4n) is 1.44. The maximum atomic E-state index is 10.4. The zero-order chi connectivity index (χ0) is 9.02. The molecule has 0 aliphatic carbocycles. The molecule has 0 aromatic rings. The second-order valence-electron chi connectivity index (χ2n) is 3.75. The monoisotopic (exact) mass is 158 g/mol. The van der Waals surface area contributed by atoms with Gasteiger partial charge in [0.15, 0.2) is 0 Å². The average Bonchev–Trinajstić information content (AvgIpc) is 1.81. The van der Waals surface area contributed by atoms with Gasteiger partial charge in [0.05, 0.1) is 0 Å². The highest BCUT2D eigenvalue weighted by molar-refractivity contribution is 5.67. The van der Waals surface area contributed by atoms with Crippen LogP contribution in [0.5, 0.6) is 0 Å². The molecule has 2 heteroatoms. The fourth-order valence-corrected chi connectivity index (χ4v) is 1.44. The summed E-state index contributed by atoms with van der Waals surface area (Å²) >= 11 is 0. The molecule has 1 N–H and O–H groups in total. The summed E-state index contributed by atoms with van der Waals surface area (Å²) in [6.45, 7) is 8.31. The third-order valence-electron chi connectivity index (χ3n) is 2.12. The van der Waals surface area contributed by atoms with Crippen LogP contribution >= 0.6 is 0 Å². The molecular formula is C9H18O2. The molecule has 0 aromatic heterocycles. The van der Waals surface area contributed by atoms with Gasteiger partial charge in [-0.2, -0.15) is 0 Å². The van der Waals surface area contributed by atoms with Crippen molar-refractivity contribution in [2.45, 2.75) is 34.1 Å². The SMILES string of the molecule is CC(C)C(CC(=O)O)C(C)C. The zero-order valence-electron chi connectivity index (χ0n) is 7.79. The van der Waals surface area contributed by atoms with Crippen LogP contribution in [-0.2, 0) is 4.79 Å². The molecule has 0 bridgehead atoms. The van der Waals surface area contributed by atoms with Crippen molar-refractivity contribution in [2.24, 2.45) is 17.8 Å². The summed E-state index contributed by atoms with van der Waals surface area (Å²) in [4.78, 5) is 10.4. The van der Waals surface area contributed by atoms with Crippen LogP contribution in [0.1, 0.15) is 34.1 Å². The fraction of sp³-hybridized carbons (Fsp3) is 0.889. The van der Waals surface area contributed by atoms with Gasteiger partial charge in [-0.3, -0.25) is 4.79 Å². The minimum Gasteiger partial charge on any atom is -0.481 e. The smallest absolute Gasteiger partial charge is 0.303 e. The van der Waals surface area contributed by atoms with Gasteiger partial charge in [0.1, 0.15) is 0 Å². The van der Waals surface area contributed by atoms with Crippen molar-refractivity contribution < 1.29 is 9.90 Å². The van der Waals surface area contributed by atoms with Gasteiger partial charge in [0.2, 0.25) is 0 Å². The molecule has 0 aliphatic heterocycles. The maximum Gasteiger partial charge on any atom is 0.303 e. The van der Waals surface area contributed by atoms with Crippen LogP contribution in [0.3, 0.4) is 0 Å². The lowest BCUT2D eigenvalue weighted by Crippen LogP contribution is -2.19. The van der Waals surface area contributed by atoms with E-state index in [2.05, 4.69) is 27.7 Å². The topological polar surface area (TPSA) is 37.3 Å². The van der Waals surface area contributed by atoms with Crippen LogP contribution in [0, 0.1) is 17.8 Å². The molecule has 0 unspecified atom stereocenters. The zero-order valence-corrected chi connectivity index (χ0v) is 7.79. The Morgan fingerprint density at radius 3 is 1.64 bits per heavy atom. The summed E-state index contributed by atoms with van der Waals surface area (Å²) in [5.74, 6) is 0.558. The first kappa shape index (κ1) is 10.5. The van der Waals surface area contributed by atoms with Gasteiger partial charge in [0.25, 0.3) is 0 Å². The lowest BCUT2D eigenvalue weighted by Gasteiger charge is -2.22. The minimum absolute atomic E-state index is 0.301. The summed E-state index contributed by atoms with van der Waals surface area (Å²) in [5.41, 5.74) is 0. The second-order valence-corrected chi connectivity index (χ2v) is 3.75. The minimum atomic E-state index is -0.683. The molecule has 66 valence electrons. The van der Waals surface area contributed by atoms with Gasteiger partial charge in [-0.1, -0.05) is 27.7 Å². The third-order valence-corrected chi connectivity index (χ3v) is 2.12. The standard InChI is InChI=1S/C9H18O2/c1-6(2)8(7(3)4)5-9(10)11/h6-8H,5H2,1-4H3,(H,10,11). The molecule has 0 radical (unpaired) electrons. The lowest BCUT2D eigenvalue weighted by atomic mass is 9.83. The predicted molar refractivity (Wildman–Crippen MR) is 45.4 cm³/mol. The van der Waals surface area contributed by atoms with Crippen LogP contribution in [0.4, 0.5) is 0 Å². The number of rotatable bonds is 4. The summed E-state index contributed by atoms with van der Waals surface area (Å²) in [5, 5.41) is 8.58. The second kappa shape index (κ2) is 4.37. The number of hydrogen-bond acceptors (Lipinski definition) is 1. The van der Waals surface area contributed by atoms with E-state index in [9.17, 15) is 4.79 Å². The van der Waals surface area contributed by atoms with Crippen molar-refractivity contribution in [3.63, 3.8) is 0 Å². The number of aliphatic carboxylic acids is 1. The summed E-state index contributed by atoms with van der Waals surface area (Å²) in [7, 11) is 0. The van der Waals surface area contributed by atoms with E-state index in [1.165, 1.54) is 0 Å². The summed E-state index contributed by atoms with van der Waals surface area (Å²) in [6, 6.07) is 0. The molecule has 0 saturated heterocycles. The van der Waals surface area contributed by atoms with E-state index in [1.54, 1.807) is 0 Å². The quantitative estimate of drug-likeness (QED) is 0.682. The van der Waals surface area contributed by atoms with Crippen LogP contribution < -0.4 is 0 Å². The average molecular weight is 158 g/mol. The normalized spacial score (nSPS) is 11.5. The molecule has 0 fully saturated rings. The van der Waals surface area contributed by atoms with E-state index >= 15 is 0 Å². The van der Waals surface area contributed by atoms with E-state index in [-0.39, 0.29) is 0 Å². The third kappa shape index (κ3) is 4.02. The summed E-state index contributed by atoms with van der Waals surface area (Å²) in [6.07, 6.45) is 0.301. The first-order chi connectivity index (χ1) is 4.95. The van der Waals surface area contributed by atoms with Crippen LogP contribution in [0.15, 0.2) is 0 Å². The molecule has 11 heavy (non-hydrogen) atoms. The molecule has 0 spiro atoms. The molecule has 0 saturated carbocycles. The van der Waals surface area contributed by atoms with Crippen LogP contribution in [0.25, 0.3) is 0 Å². The Labute approximate surface area is 68.6 Å². The van der Waals surface area contributed by atoms with E-state index in [1.807, 2.05) is 0 Å². The van der Waals surface area contributed by atoms with Crippen molar-refractivity contribution in [1.82, 2.24) is 0 Å². The van der Waals surface area contributed by atoms with Gasteiger partial charge >= 0.3 is 5.97 Å². The van der Waals surface area contributed by atoms with E-state index in [0.717, 1.165) is 0 Å². The van der Waals surface area contributed by atoms with Crippen molar-refractivity contribution in [3.8, 4) is 0 Å². The van der Waals surface area contributed by atoms with Crippen molar-refractivity contribution in [2.75, 3.05) is 0 Å². The number of hydrogen-bond donors (Lipinski definition) is 1. The van der Waals surface area contributed by atoms with Crippen molar-refractivity contribution in [3.05, 3.63) is 0 Å². The lowest BCUT2D eigenvalue weighted by molar-refractivity contribution is -0.138. The van der Waals surface area contributed by atoms with Gasteiger partial charge < -0.3 is 5.11 Å². The highest BCUT2D eigenvalue weighted by Crippen LogP contribution is 2.23. The Kier molecular flexibility index (Phi) is 4.16. The molecule has 0 aromatic carbocycles. The van der Waals surface area contributed by atoms with Crippen molar-refractivity contribution >= 4 is 5.97 Å². The maximum absolute atomic E-state index is 10.4. The highest BCUT2D eigenvalue weighted by Gasteiger charge is 2.19. The molecule has 0 rings (SSSR count). The number of carboxylic acid groups (broad SMARTS) is 1. The number of carbonyl (C=O) groups is 1. The molecule has 2 nitrogen and oxygen atoms in total.